The molecule has 1 rings (SSSR count). The van der Waals surface area contributed by atoms with E-state index in [0.29, 0.717) is 6.42 Å². The van der Waals surface area contributed by atoms with Crippen molar-refractivity contribution in [1.82, 2.24) is 5.32 Å². The Morgan fingerprint density at radius 2 is 1.76 bits per heavy atom. The topological polar surface area (TPSA) is 92.4 Å². The molecule has 0 saturated heterocycles. The molecule has 0 aliphatic heterocycles. The monoisotopic (exact) mass is 292 g/mol. The van der Waals surface area contributed by atoms with Crippen LogP contribution in [-0.4, -0.2) is 23.0 Å². The number of carboxylic acids is 1. The molecule has 21 heavy (non-hydrogen) atoms. The normalized spacial score (nSPS) is 15.3. The molecule has 0 fully saturated rings. The number of hydrogen-bond donors (Lipinski definition) is 3. The van der Waals surface area contributed by atoms with Crippen LogP contribution in [0.5, 0.6) is 0 Å². The van der Waals surface area contributed by atoms with Gasteiger partial charge in [0, 0.05) is 6.04 Å². The molecule has 0 aromatic heterocycles. The summed E-state index contributed by atoms with van der Waals surface area (Å²) in [6, 6.07) is 7.98. The predicted octanol–water partition coefficient (Wildman–Crippen LogP) is 1.94. The molecular formula is C16H24N2O3. The van der Waals surface area contributed by atoms with Crippen molar-refractivity contribution in [3.63, 3.8) is 0 Å². The SMILES string of the molecule is CC(C)C[C@H](NC(=O)C(C)C(N)c1ccccc1)C(=O)O. The van der Waals surface area contributed by atoms with E-state index >= 15 is 0 Å². The largest absolute Gasteiger partial charge is 0.480 e. The number of carbonyl (C=O) groups is 2. The summed E-state index contributed by atoms with van der Waals surface area (Å²) in [5.41, 5.74) is 6.94. The molecule has 5 heteroatoms. The minimum atomic E-state index is -1.02. The summed E-state index contributed by atoms with van der Waals surface area (Å²) in [7, 11) is 0. The van der Waals surface area contributed by atoms with Crippen LogP contribution >= 0.6 is 0 Å². The fraction of sp³-hybridized carbons (Fsp3) is 0.500. The van der Waals surface area contributed by atoms with Crippen molar-refractivity contribution in [2.75, 3.05) is 0 Å². The Morgan fingerprint density at radius 1 is 1.19 bits per heavy atom. The predicted molar refractivity (Wildman–Crippen MR) is 81.6 cm³/mol. The molecule has 0 spiro atoms. The van der Waals surface area contributed by atoms with Gasteiger partial charge >= 0.3 is 5.97 Å². The highest BCUT2D eigenvalue weighted by atomic mass is 16.4. The lowest BCUT2D eigenvalue weighted by Crippen LogP contribution is -2.45. The molecule has 1 aromatic rings. The molecule has 2 unspecified atom stereocenters. The minimum Gasteiger partial charge on any atom is -0.480 e. The van der Waals surface area contributed by atoms with Crippen LogP contribution in [-0.2, 0) is 9.59 Å². The van der Waals surface area contributed by atoms with Crippen molar-refractivity contribution in [2.24, 2.45) is 17.6 Å². The first kappa shape index (κ1) is 17.2. The highest BCUT2D eigenvalue weighted by Crippen LogP contribution is 2.19. The van der Waals surface area contributed by atoms with Crippen molar-refractivity contribution < 1.29 is 14.7 Å². The van der Waals surface area contributed by atoms with Crippen LogP contribution in [0.2, 0.25) is 0 Å². The van der Waals surface area contributed by atoms with Crippen LogP contribution in [0.25, 0.3) is 0 Å². The van der Waals surface area contributed by atoms with Crippen molar-refractivity contribution in [3.8, 4) is 0 Å². The van der Waals surface area contributed by atoms with Gasteiger partial charge in [0.05, 0.1) is 5.92 Å². The highest BCUT2D eigenvalue weighted by Gasteiger charge is 2.27. The van der Waals surface area contributed by atoms with E-state index in [4.69, 9.17) is 10.8 Å². The lowest BCUT2D eigenvalue weighted by molar-refractivity contribution is -0.143. The van der Waals surface area contributed by atoms with E-state index in [0.717, 1.165) is 5.56 Å². The van der Waals surface area contributed by atoms with Crippen LogP contribution in [0.4, 0.5) is 0 Å². The molecule has 3 atom stereocenters. The summed E-state index contributed by atoms with van der Waals surface area (Å²) in [5, 5.41) is 11.7. The average molecular weight is 292 g/mol. The maximum absolute atomic E-state index is 12.2. The van der Waals surface area contributed by atoms with E-state index in [-0.39, 0.29) is 11.8 Å². The number of rotatable bonds is 7. The van der Waals surface area contributed by atoms with E-state index in [9.17, 15) is 9.59 Å². The first-order chi connectivity index (χ1) is 9.82. The first-order valence-corrected chi connectivity index (χ1v) is 7.16. The average Bonchev–Trinajstić information content (AvgIpc) is 2.45. The smallest absolute Gasteiger partial charge is 0.326 e. The Kier molecular flexibility index (Phi) is 6.37. The third-order valence-electron chi connectivity index (χ3n) is 3.46. The van der Waals surface area contributed by atoms with Gasteiger partial charge in [0.2, 0.25) is 5.91 Å². The molecule has 116 valence electrons. The molecule has 0 heterocycles. The van der Waals surface area contributed by atoms with E-state index < -0.39 is 24.0 Å². The number of aliphatic carboxylic acids is 1. The fourth-order valence-electron chi connectivity index (χ4n) is 2.12. The Morgan fingerprint density at radius 3 is 2.24 bits per heavy atom. The van der Waals surface area contributed by atoms with Gasteiger partial charge in [-0.3, -0.25) is 4.79 Å². The lowest BCUT2D eigenvalue weighted by Gasteiger charge is -2.23. The highest BCUT2D eigenvalue weighted by molar-refractivity contribution is 5.85. The zero-order valence-corrected chi connectivity index (χ0v) is 12.7. The first-order valence-electron chi connectivity index (χ1n) is 7.16. The summed E-state index contributed by atoms with van der Waals surface area (Å²) in [4.78, 5) is 23.4. The van der Waals surface area contributed by atoms with Crippen molar-refractivity contribution in [2.45, 2.75) is 39.3 Å². The summed E-state index contributed by atoms with van der Waals surface area (Å²) in [6.07, 6.45) is 0.397. The third kappa shape index (κ3) is 5.19. The molecule has 5 nitrogen and oxygen atoms in total. The Hall–Kier alpha value is -1.88. The molecule has 1 aromatic carbocycles. The number of hydrogen-bond acceptors (Lipinski definition) is 3. The van der Waals surface area contributed by atoms with Gasteiger partial charge in [0.25, 0.3) is 0 Å². The quantitative estimate of drug-likeness (QED) is 0.716. The van der Waals surface area contributed by atoms with Gasteiger partial charge in [-0.2, -0.15) is 0 Å². The van der Waals surface area contributed by atoms with Gasteiger partial charge in [0.15, 0.2) is 0 Å². The molecular weight excluding hydrogens is 268 g/mol. The van der Waals surface area contributed by atoms with Gasteiger partial charge < -0.3 is 16.2 Å². The van der Waals surface area contributed by atoms with Crippen molar-refractivity contribution >= 4 is 11.9 Å². The second kappa shape index (κ2) is 7.78. The summed E-state index contributed by atoms with van der Waals surface area (Å²) < 4.78 is 0. The van der Waals surface area contributed by atoms with Crippen molar-refractivity contribution in [1.29, 1.82) is 0 Å². The van der Waals surface area contributed by atoms with Gasteiger partial charge in [-0.15, -0.1) is 0 Å². The van der Waals surface area contributed by atoms with Crippen LogP contribution in [0.15, 0.2) is 30.3 Å². The van der Waals surface area contributed by atoms with E-state index in [1.165, 1.54) is 0 Å². The van der Waals surface area contributed by atoms with Crippen molar-refractivity contribution in [3.05, 3.63) is 35.9 Å². The molecule has 1 amide bonds. The van der Waals surface area contributed by atoms with Gasteiger partial charge in [0.1, 0.15) is 6.04 Å². The number of carboxylic acid groups (broad SMARTS) is 1. The second-order valence-corrected chi connectivity index (χ2v) is 5.75. The van der Waals surface area contributed by atoms with E-state index in [1.807, 2.05) is 44.2 Å². The summed E-state index contributed by atoms with van der Waals surface area (Å²) in [6.45, 7) is 5.55. The van der Waals surface area contributed by atoms with Crippen LogP contribution < -0.4 is 11.1 Å². The number of nitrogens with one attached hydrogen (secondary N) is 1. The summed E-state index contributed by atoms with van der Waals surface area (Å²) in [5.74, 6) is -1.66. The van der Waals surface area contributed by atoms with Crippen LogP contribution in [0.3, 0.4) is 0 Å². The Labute approximate surface area is 125 Å². The lowest BCUT2D eigenvalue weighted by atomic mass is 9.94. The van der Waals surface area contributed by atoms with Gasteiger partial charge in [-0.05, 0) is 17.9 Å². The molecule has 0 aliphatic rings. The third-order valence-corrected chi connectivity index (χ3v) is 3.46. The van der Waals surface area contributed by atoms with Crippen LogP contribution in [0.1, 0.15) is 38.8 Å². The van der Waals surface area contributed by atoms with Crippen LogP contribution in [0, 0.1) is 11.8 Å². The Balaban J connectivity index is 2.71. The zero-order valence-electron chi connectivity index (χ0n) is 12.7. The fourth-order valence-corrected chi connectivity index (χ4v) is 2.12. The van der Waals surface area contributed by atoms with E-state index in [2.05, 4.69) is 5.32 Å². The number of nitrogens with two attached hydrogens (primary N) is 1. The molecule has 0 bridgehead atoms. The number of benzene rings is 1. The maximum Gasteiger partial charge on any atom is 0.326 e. The van der Waals surface area contributed by atoms with Gasteiger partial charge in [-0.25, -0.2) is 4.79 Å². The number of amides is 1. The second-order valence-electron chi connectivity index (χ2n) is 5.75. The Bertz CT molecular complexity index is 474. The minimum absolute atomic E-state index is 0.185. The van der Waals surface area contributed by atoms with E-state index in [1.54, 1.807) is 6.92 Å². The molecule has 0 aliphatic carbocycles. The summed E-state index contributed by atoms with van der Waals surface area (Å²) >= 11 is 0. The molecule has 4 N–H and O–H groups in total. The zero-order chi connectivity index (χ0) is 16.0. The van der Waals surface area contributed by atoms with Gasteiger partial charge in [-0.1, -0.05) is 51.1 Å². The maximum atomic E-state index is 12.2. The standard InChI is InChI=1S/C16H24N2O3/c1-10(2)9-13(16(20)21)18-15(19)11(3)14(17)12-7-5-4-6-8-12/h4-8,10-11,13-14H,9,17H2,1-3H3,(H,18,19)(H,20,21)/t11?,13-,14?/m0/s1. The molecule has 0 radical (unpaired) electrons. The molecule has 0 saturated carbocycles. The number of carbonyl (C=O) groups excluding carboxylic acids is 1.